The minimum absolute atomic E-state index is 0.136. The smallest absolute Gasteiger partial charge is 0.191 e. The zero-order chi connectivity index (χ0) is 22.1. The van der Waals surface area contributed by atoms with Crippen molar-refractivity contribution < 1.29 is 4.74 Å². The molecule has 2 heterocycles. The average molecular weight is 423 g/mol. The van der Waals surface area contributed by atoms with Gasteiger partial charge < -0.3 is 15.4 Å². The van der Waals surface area contributed by atoms with Gasteiger partial charge in [-0.3, -0.25) is 9.39 Å². The molecule has 0 bridgehead atoms. The molecule has 0 aliphatic rings. The second kappa shape index (κ2) is 11.3. The van der Waals surface area contributed by atoms with Gasteiger partial charge in [-0.15, -0.1) is 10.2 Å². The molecule has 0 fully saturated rings. The summed E-state index contributed by atoms with van der Waals surface area (Å²) in [6.07, 6.45) is 3.74. The van der Waals surface area contributed by atoms with E-state index in [0.29, 0.717) is 12.5 Å². The lowest BCUT2D eigenvalue weighted by atomic mass is 10.1. The van der Waals surface area contributed by atoms with Gasteiger partial charge in [-0.1, -0.05) is 32.0 Å². The minimum Gasteiger partial charge on any atom is -0.493 e. The van der Waals surface area contributed by atoms with Crippen molar-refractivity contribution >= 4 is 11.6 Å². The zero-order valence-corrected chi connectivity index (χ0v) is 19.0. The highest BCUT2D eigenvalue weighted by Crippen LogP contribution is 2.18. The van der Waals surface area contributed by atoms with Crippen LogP contribution in [0, 0.1) is 5.92 Å². The van der Waals surface area contributed by atoms with Gasteiger partial charge >= 0.3 is 0 Å². The first-order chi connectivity index (χ1) is 15.1. The Morgan fingerprint density at radius 2 is 1.90 bits per heavy atom. The predicted molar refractivity (Wildman–Crippen MR) is 126 cm³/mol. The quantitative estimate of drug-likeness (QED) is 0.293. The van der Waals surface area contributed by atoms with Crippen LogP contribution >= 0.6 is 0 Å². The molecule has 166 valence electrons. The van der Waals surface area contributed by atoms with Crippen LogP contribution in [0.15, 0.2) is 53.7 Å². The first-order valence-corrected chi connectivity index (χ1v) is 11.1. The van der Waals surface area contributed by atoms with E-state index in [1.165, 1.54) is 5.56 Å². The molecule has 0 radical (unpaired) electrons. The first kappa shape index (κ1) is 22.6. The number of benzene rings is 1. The van der Waals surface area contributed by atoms with Crippen molar-refractivity contribution in [2.24, 2.45) is 10.9 Å². The summed E-state index contributed by atoms with van der Waals surface area (Å²) < 4.78 is 7.81. The Bertz CT molecular complexity index is 964. The van der Waals surface area contributed by atoms with Crippen molar-refractivity contribution in [2.45, 2.75) is 46.6 Å². The van der Waals surface area contributed by atoms with Crippen LogP contribution < -0.4 is 15.4 Å². The molecule has 2 N–H and O–H groups in total. The molecule has 0 saturated heterocycles. The van der Waals surface area contributed by atoms with Crippen molar-refractivity contribution in [3.8, 4) is 5.75 Å². The van der Waals surface area contributed by atoms with Crippen molar-refractivity contribution in [3.63, 3.8) is 0 Å². The lowest BCUT2D eigenvalue weighted by molar-refractivity contribution is 0.271. The number of aryl methyl sites for hydroxylation is 1. The van der Waals surface area contributed by atoms with Gasteiger partial charge in [0.25, 0.3) is 0 Å². The molecule has 0 aliphatic carbocycles. The molecule has 3 aromatic rings. The lowest BCUT2D eigenvalue weighted by Gasteiger charge is -2.18. The van der Waals surface area contributed by atoms with Gasteiger partial charge in [0.1, 0.15) is 11.6 Å². The van der Waals surface area contributed by atoms with Crippen LogP contribution in [0.1, 0.15) is 51.5 Å². The Kier molecular flexibility index (Phi) is 8.27. The van der Waals surface area contributed by atoms with Crippen molar-refractivity contribution in [2.75, 3.05) is 19.7 Å². The molecule has 2 aromatic heterocycles. The Hall–Kier alpha value is -3.09. The first-order valence-electron chi connectivity index (χ1n) is 11.1. The number of pyridine rings is 1. The molecule has 3 rings (SSSR count). The van der Waals surface area contributed by atoms with E-state index >= 15 is 0 Å². The lowest BCUT2D eigenvalue weighted by Crippen LogP contribution is -2.38. The number of aliphatic imine (C=N–C) groups is 1. The van der Waals surface area contributed by atoms with Crippen LogP contribution in [0.3, 0.4) is 0 Å². The van der Waals surface area contributed by atoms with E-state index in [9.17, 15) is 0 Å². The van der Waals surface area contributed by atoms with Gasteiger partial charge in [0, 0.05) is 25.7 Å². The summed E-state index contributed by atoms with van der Waals surface area (Å²) in [5, 5.41) is 15.3. The SMILES string of the molecule is CCNC(=NCCCc1nnc2ccccn12)NC(C)c1ccc(OCC(C)C)cc1. The van der Waals surface area contributed by atoms with Crippen molar-refractivity contribution in [3.05, 3.63) is 60.0 Å². The van der Waals surface area contributed by atoms with E-state index in [-0.39, 0.29) is 6.04 Å². The topological polar surface area (TPSA) is 75.8 Å². The predicted octanol–water partition coefficient (Wildman–Crippen LogP) is 4.01. The standard InChI is InChI=1S/C24H34N6O/c1-5-25-24(26-15-8-10-23-29-28-22-9-6-7-16-30(22)23)27-19(4)20-11-13-21(14-12-20)31-17-18(2)3/h6-7,9,11-14,16,18-19H,5,8,10,15,17H2,1-4H3,(H2,25,26,27). The highest BCUT2D eigenvalue weighted by atomic mass is 16.5. The molecular weight excluding hydrogens is 388 g/mol. The van der Waals surface area contributed by atoms with Crippen LogP contribution in [0.4, 0.5) is 0 Å². The summed E-state index contributed by atoms with van der Waals surface area (Å²) in [5.74, 6) is 3.21. The Morgan fingerprint density at radius 1 is 1.10 bits per heavy atom. The number of guanidine groups is 1. The van der Waals surface area contributed by atoms with E-state index in [4.69, 9.17) is 9.73 Å². The molecule has 1 atom stereocenters. The molecule has 0 amide bonds. The fourth-order valence-corrected chi connectivity index (χ4v) is 3.21. The largest absolute Gasteiger partial charge is 0.493 e. The fraction of sp³-hybridized carbons (Fsp3) is 0.458. The van der Waals surface area contributed by atoms with Crippen LogP contribution in [0.2, 0.25) is 0 Å². The Balaban J connectivity index is 1.52. The van der Waals surface area contributed by atoms with E-state index in [1.807, 2.05) is 40.9 Å². The normalized spacial score (nSPS) is 12.9. The van der Waals surface area contributed by atoms with E-state index in [0.717, 1.165) is 49.2 Å². The van der Waals surface area contributed by atoms with Gasteiger partial charge in [0.2, 0.25) is 0 Å². The fourth-order valence-electron chi connectivity index (χ4n) is 3.21. The summed E-state index contributed by atoms with van der Waals surface area (Å²) >= 11 is 0. The Labute approximate surface area is 185 Å². The summed E-state index contributed by atoms with van der Waals surface area (Å²) in [5.41, 5.74) is 2.07. The van der Waals surface area contributed by atoms with Gasteiger partial charge in [-0.25, -0.2) is 0 Å². The number of rotatable bonds is 10. The molecule has 1 aromatic carbocycles. The Morgan fingerprint density at radius 3 is 2.65 bits per heavy atom. The molecule has 7 nitrogen and oxygen atoms in total. The highest BCUT2D eigenvalue weighted by molar-refractivity contribution is 5.80. The maximum absolute atomic E-state index is 5.78. The number of nitrogens with zero attached hydrogens (tertiary/aromatic N) is 4. The molecule has 1 unspecified atom stereocenters. The number of nitrogens with one attached hydrogen (secondary N) is 2. The molecule has 7 heteroatoms. The van der Waals surface area contributed by atoms with Crippen LogP contribution in [0.5, 0.6) is 5.75 Å². The van der Waals surface area contributed by atoms with E-state index in [1.54, 1.807) is 0 Å². The monoisotopic (exact) mass is 422 g/mol. The summed E-state index contributed by atoms with van der Waals surface area (Å²) in [6, 6.07) is 14.3. The maximum Gasteiger partial charge on any atom is 0.191 e. The third kappa shape index (κ3) is 6.70. The van der Waals surface area contributed by atoms with Crippen LogP contribution in [-0.4, -0.2) is 40.3 Å². The molecule has 0 spiro atoms. The second-order valence-electron chi connectivity index (χ2n) is 8.05. The minimum atomic E-state index is 0.136. The summed E-state index contributed by atoms with van der Waals surface area (Å²) in [7, 11) is 0. The van der Waals surface area contributed by atoms with E-state index in [2.05, 4.69) is 60.7 Å². The second-order valence-corrected chi connectivity index (χ2v) is 8.05. The summed E-state index contributed by atoms with van der Waals surface area (Å²) in [4.78, 5) is 4.74. The van der Waals surface area contributed by atoms with Crippen LogP contribution in [-0.2, 0) is 6.42 Å². The molecule has 0 aliphatic heterocycles. The van der Waals surface area contributed by atoms with Gasteiger partial charge in [-0.05, 0) is 56.0 Å². The van der Waals surface area contributed by atoms with Crippen molar-refractivity contribution in [1.29, 1.82) is 0 Å². The van der Waals surface area contributed by atoms with Crippen molar-refractivity contribution in [1.82, 2.24) is 25.2 Å². The third-order valence-corrected chi connectivity index (χ3v) is 4.87. The number of hydrogen-bond donors (Lipinski definition) is 2. The number of hydrogen-bond acceptors (Lipinski definition) is 4. The van der Waals surface area contributed by atoms with Gasteiger partial charge in [-0.2, -0.15) is 0 Å². The van der Waals surface area contributed by atoms with Gasteiger partial charge in [0.05, 0.1) is 12.6 Å². The van der Waals surface area contributed by atoms with Gasteiger partial charge in [0.15, 0.2) is 11.6 Å². The number of ether oxygens (including phenoxy) is 1. The maximum atomic E-state index is 5.78. The highest BCUT2D eigenvalue weighted by Gasteiger charge is 2.09. The average Bonchev–Trinajstić information content (AvgIpc) is 3.18. The van der Waals surface area contributed by atoms with Crippen LogP contribution in [0.25, 0.3) is 5.65 Å². The van der Waals surface area contributed by atoms with E-state index < -0.39 is 0 Å². The third-order valence-electron chi connectivity index (χ3n) is 4.87. The molecule has 0 saturated carbocycles. The number of aromatic nitrogens is 3. The summed E-state index contributed by atoms with van der Waals surface area (Å²) in [6.45, 7) is 10.8. The molecular formula is C24H34N6O. The molecule has 31 heavy (non-hydrogen) atoms. The number of fused-ring (bicyclic) bond motifs is 1. The zero-order valence-electron chi connectivity index (χ0n) is 19.0.